The van der Waals surface area contributed by atoms with E-state index in [-0.39, 0.29) is 18.0 Å². The van der Waals surface area contributed by atoms with Crippen LogP contribution in [0.15, 0.2) is 84.9 Å². The van der Waals surface area contributed by atoms with Crippen LogP contribution < -0.4 is 10.0 Å². The average molecular weight is 330 g/mol. The molecule has 0 saturated heterocycles. The van der Waals surface area contributed by atoms with E-state index in [9.17, 15) is 14.7 Å². The third-order valence-corrected chi connectivity index (χ3v) is 3.86. The number of hydrogen-bond acceptors (Lipinski definition) is 3. The number of amides is 1. The molecule has 124 valence electrons. The third kappa shape index (κ3) is 3.75. The minimum Gasteiger partial charge on any atom is -0.545 e. The van der Waals surface area contributed by atoms with Crippen LogP contribution in [-0.4, -0.2) is 11.9 Å². The Labute approximate surface area is 146 Å². The second kappa shape index (κ2) is 7.45. The van der Waals surface area contributed by atoms with Crippen molar-refractivity contribution in [1.82, 2.24) is 0 Å². The first-order valence-electron chi connectivity index (χ1n) is 7.88. The molecule has 0 radical (unpaired) electrons. The number of benzene rings is 3. The number of hydrogen-bond donors (Lipinski definition) is 0. The van der Waals surface area contributed by atoms with E-state index in [1.54, 1.807) is 42.5 Å². The average Bonchev–Trinajstić information content (AvgIpc) is 2.67. The maximum Gasteiger partial charge on any atom is 0.258 e. The molecule has 0 N–H and O–H groups in total. The Morgan fingerprint density at radius 2 is 1.32 bits per heavy atom. The van der Waals surface area contributed by atoms with E-state index >= 15 is 0 Å². The molecule has 0 atom stereocenters. The summed E-state index contributed by atoms with van der Waals surface area (Å²) in [6.07, 6.45) is 0. The smallest absolute Gasteiger partial charge is 0.258 e. The first-order valence-corrected chi connectivity index (χ1v) is 7.88. The van der Waals surface area contributed by atoms with Crippen LogP contribution in [0.25, 0.3) is 0 Å². The predicted molar refractivity (Wildman–Crippen MR) is 94.2 cm³/mol. The molecule has 0 aromatic heterocycles. The zero-order chi connectivity index (χ0) is 17.6. The number of nitrogens with zero attached hydrogens (tertiary/aromatic N) is 1. The van der Waals surface area contributed by atoms with Crippen molar-refractivity contribution in [2.45, 2.75) is 6.54 Å². The molecule has 0 aliphatic rings. The molecule has 0 unspecified atom stereocenters. The number of anilines is 1. The van der Waals surface area contributed by atoms with Crippen molar-refractivity contribution in [1.29, 1.82) is 0 Å². The Hall–Kier alpha value is -3.40. The summed E-state index contributed by atoms with van der Waals surface area (Å²) in [5.41, 5.74) is 1.70. The highest BCUT2D eigenvalue weighted by Crippen LogP contribution is 2.24. The van der Waals surface area contributed by atoms with Crippen LogP contribution in [0, 0.1) is 0 Å². The zero-order valence-corrected chi connectivity index (χ0v) is 13.5. The lowest BCUT2D eigenvalue weighted by Gasteiger charge is -2.26. The monoisotopic (exact) mass is 330 g/mol. The molecule has 0 saturated carbocycles. The number of carbonyl (C=O) groups excluding carboxylic acids is 2. The van der Waals surface area contributed by atoms with Gasteiger partial charge in [-0.2, -0.15) is 0 Å². The lowest BCUT2D eigenvalue weighted by molar-refractivity contribution is -0.254. The molecule has 0 bridgehead atoms. The standard InChI is InChI=1S/C21H17NO3/c23-20(17-11-5-2-6-12-17)22(15-16-9-3-1-4-10-16)19-14-8-7-13-18(19)21(24)25/h1-14H,15H2,(H,24,25)/p-1. The van der Waals surface area contributed by atoms with Gasteiger partial charge in [-0.1, -0.05) is 66.7 Å². The highest BCUT2D eigenvalue weighted by atomic mass is 16.4. The summed E-state index contributed by atoms with van der Waals surface area (Å²) < 4.78 is 0. The minimum absolute atomic E-state index is 0.0114. The molecule has 4 nitrogen and oxygen atoms in total. The van der Waals surface area contributed by atoms with Gasteiger partial charge in [-0.3, -0.25) is 4.79 Å². The molecular formula is C21H16NO3-. The largest absolute Gasteiger partial charge is 0.545 e. The molecule has 0 aliphatic carbocycles. The molecule has 4 heteroatoms. The SMILES string of the molecule is O=C([O-])c1ccccc1N(Cc1ccccc1)C(=O)c1ccccc1. The zero-order valence-electron chi connectivity index (χ0n) is 13.5. The molecule has 0 heterocycles. The fourth-order valence-electron chi connectivity index (χ4n) is 2.65. The van der Waals surface area contributed by atoms with Gasteiger partial charge in [0.15, 0.2) is 0 Å². The summed E-state index contributed by atoms with van der Waals surface area (Å²) in [6.45, 7) is 0.263. The number of carboxylic acid groups (broad SMARTS) is 1. The van der Waals surface area contributed by atoms with E-state index in [1.165, 1.54) is 11.0 Å². The van der Waals surface area contributed by atoms with Gasteiger partial charge in [0.25, 0.3) is 5.91 Å². The fraction of sp³-hybridized carbons (Fsp3) is 0.0476. The maximum atomic E-state index is 13.0. The van der Waals surface area contributed by atoms with Crippen molar-refractivity contribution in [2.24, 2.45) is 0 Å². The number of rotatable bonds is 5. The molecule has 1 amide bonds. The topological polar surface area (TPSA) is 60.4 Å². The first kappa shape index (κ1) is 16.5. The first-order chi connectivity index (χ1) is 12.2. The fourth-order valence-corrected chi connectivity index (χ4v) is 2.65. The maximum absolute atomic E-state index is 13.0. The molecule has 3 aromatic carbocycles. The van der Waals surface area contributed by atoms with E-state index in [0.29, 0.717) is 11.3 Å². The summed E-state index contributed by atoms with van der Waals surface area (Å²) in [7, 11) is 0. The summed E-state index contributed by atoms with van der Waals surface area (Å²) in [6, 6.07) is 24.6. The van der Waals surface area contributed by atoms with E-state index in [1.807, 2.05) is 36.4 Å². The van der Waals surface area contributed by atoms with Crippen molar-refractivity contribution in [3.05, 3.63) is 102 Å². The predicted octanol–water partition coefficient (Wildman–Crippen LogP) is 2.90. The van der Waals surface area contributed by atoms with E-state index < -0.39 is 5.97 Å². The Kier molecular flexibility index (Phi) is 4.90. The Bertz CT molecular complexity index is 876. The molecule has 0 aliphatic heterocycles. The van der Waals surface area contributed by atoms with Gasteiger partial charge < -0.3 is 14.8 Å². The van der Waals surface area contributed by atoms with Crippen molar-refractivity contribution in [3.8, 4) is 0 Å². The minimum atomic E-state index is -1.31. The van der Waals surface area contributed by atoms with Crippen LogP contribution in [0.2, 0.25) is 0 Å². The lowest BCUT2D eigenvalue weighted by Crippen LogP contribution is -2.33. The van der Waals surface area contributed by atoms with Gasteiger partial charge in [0.2, 0.25) is 0 Å². The molecule has 3 aromatic rings. The molecule has 25 heavy (non-hydrogen) atoms. The second-order valence-electron chi connectivity index (χ2n) is 5.55. The van der Waals surface area contributed by atoms with Crippen LogP contribution in [0.5, 0.6) is 0 Å². The van der Waals surface area contributed by atoms with E-state index in [4.69, 9.17) is 0 Å². The lowest BCUT2D eigenvalue weighted by atomic mass is 10.1. The number of aromatic carboxylic acids is 1. The normalized spacial score (nSPS) is 10.2. The van der Waals surface area contributed by atoms with Gasteiger partial charge in [-0.25, -0.2) is 0 Å². The van der Waals surface area contributed by atoms with Gasteiger partial charge in [0.1, 0.15) is 0 Å². The summed E-state index contributed by atoms with van der Waals surface area (Å²) in [4.78, 5) is 26.0. The summed E-state index contributed by atoms with van der Waals surface area (Å²) in [5, 5.41) is 11.5. The van der Waals surface area contributed by atoms with Crippen LogP contribution in [-0.2, 0) is 6.54 Å². The van der Waals surface area contributed by atoms with Gasteiger partial charge in [-0.05, 0) is 23.8 Å². The van der Waals surface area contributed by atoms with Crippen molar-refractivity contribution in [3.63, 3.8) is 0 Å². The Morgan fingerprint density at radius 3 is 1.96 bits per heavy atom. The quantitative estimate of drug-likeness (QED) is 0.723. The second-order valence-corrected chi connectivity index (χ2v) is 5.55. The van der Waals surface area contributed by atoms with E-state index in [0.717, 1.165) is 5.56 Å². The number of carbonyl (C=O) groups is 2. The number of carboxylic acids is 1. The van der Waals surface area contributed by atoms with Crippen LogP contribution in [0.4, 0.5) is 5.69 Å². The van der Waals surface area contributed by atoms with Crippen molar-refractivity contribution in [2.75, 3.05) is 4.90 Å². The van der Waals surface area contributed by atoms with Gasteiger partial charge >= 0.3 is 0 Å². The third-order valence-electron chi connectivity index (χ3n) is 3.86. The Balaban J connectivity index is 2.06. The highest BCUT2D eigenvalue weighted by molar-refractivity contribution is 6.09. The van der Waals surface area contributed by atoms with Gasteiger partial charge in [0.05, 0.1) is 18.2 Å². The highest BCUT2D eigenvalue weighted by Gasteiger charge is 2.20. The molecule has 0 spiro atoms. The molecule has 0 fully saturated rings. The van der Waals surface area contributed by atoms with E-state index in [2.05, 4.69) is 0 Å². The van der Waals surface area contributed by atoms with Gasteiger partial charge in [-0.15, -0.1) is 0 Å². The molecular weight excluding hydrogens is 314 g/mol. The van der Waals surface area contributed by atoms with Crippen LogP contribution in [0.3, 0.4) is 0 Å². The van der Waals surface area contributed by atoms with Crippen molar-refractivity contribution < 1.29 is 14.7 Å². The molecule has 3 rings (SSSR count). The van der Waals surface area contributed by atoms with Crippen LogP contribution in [0.1, 0.15) is 26.3 Å². The summed E-state index contributed by atoms with van der Waals surface area (Å²) >= 11 is 0. The van der Waals surface area contributed by atoms with Gasteiger partial charge in [0, 0.05) is 11.1 Å². The van der Waals surface area contributed by atoms with Crippen molar-refractivity contribution >= 4 is 17.6 Å². The Morgan fingerprint density at radius 1 is 0.760 bits per heavy atom. The van der Waals surface area contributed by atoms with Crippen LogP contribution >= 0.6 is 0 Å². The summed E-state index contributed by atoms with van der Waals surface area (Å²) in [5.74, 6) is -1.58. The number of para-hydroxylation sites is 1.